The van der Waals surface area contributed by atoms with Crippen LogP contribution in [-0.2, 0) is 16.1 Å². The molecule has 0 atom stereocenters. The van der Waals surface area contributed by atoms with E-state index in [-0.39, 0.29) is 23.5 Å². The van der Waals surface area contributed by atoms with E-state index < -0.39 is 0 Å². The monoisotopic (exact) mass is 347 g/mol. The highest BCUT2D eigenvalue weighted by molar-refractivity contribution is 5.80. The van der Waals surface area contributed by atoms with E-state index in [0.717, 1.165) is 18.0 Å². The number of nitrogens with zero attached hydrogens (tertiary/aromatic N) is 1. The highest BCUT2D eigenvalue weighted by atomic mass is 19.1. The van der Waals surface area contributed by atoms with E-state index in [0.29, 0.717) is 39.0 Å². The van der Waals surface area contributed by atoms with Gasteiger partial charge in [0.1, 0.15) is 5.82 Å². The molecule has 0 radical (unpaired) electrons. The number of carbonyl (C=O) groups excluding carboxylic acids is 2. The lowest BCUT2D eigenvalue weighted by molar-refractivity contribution is -0.135. The average molecular weight is 347 g/mol. The summed E-state index contributed by atoms with van der Waals surface area (Å²) in [5, 5.41) is 6.13. The molecule has 0 bridgehead atoms. The Bertz CT molecular complexity index is 593. The molecule has 1 aliphatic heterocycles. The van der Waals surface area contributed by atoms with Gasteiger partial charge < -0.3 is 15.5 Å². The molecule has 0 aromatic heterocycles. The molecule has 2 aliphatic rings. The lowest BCUT2D eigenvalue weighted by Gasteiger charge is -2.31. The summed E-state index contributed by atoms with van der Waals surface area (Å²) < 4.78 is 12.9. The molecule has 136 valence electrons. The van der Waals surface area contributed by atoms with Crippen LogP contribution >= 0.6 is 0 Å². The Morgan fingerprint density at radius 1 is 1.08 bits per heavy atom. The number of rotatable bonds is 7. The lowest BCUT2D eigenvalue weighted by Crippen LogP contribution is -2.45. The fourth-order valence-electron chi connectivity index (χ4n) is 3.14. The molecular weight excluding hydrogens is 321 g/mol. The van der Waals surface area contributed by atoms with Gasteiger partial charge in [0, 0.05) is 25.6 Å². The third-order valence-corrected chi connectivity index (χ3v) is 5.00. The maximum absolute atomic E-state index is 12.9. The second kappa shape index (κ2) is 8.43. The van der Waals surface area contributed by atoms with Gasteiger partial charge >= 0.3 is 0 Å². The zero-order chi connectivity index (χ0) is 17.6. The third kappa shape index (κ3) is 5.53. The van der Waals surface area contributed by atoms with Crippen LogP contribution in [0.3, 0.4) is 0 Å². The van der Waals surface area contributed by atoms with Gasteiger partial charge in [-0.05, 0) is 55.8 Å². The SMILES string of the molecule is O=C(NCc1ccc(F)cc1)C1CCN(C(=O)CNCC2CC2)CC1. The smallest absolute Gasteiger partial charge is 0.236 e. The number of carbonyl (C=O) groups is 2. The first-order valence-corrected chi connectivity index (χ1v) is 9.12. The molecule has 1 aliphatic carbocycles. The summed E-state index contributed by atoms with van der Waals surface area (Å²) >= 11 is 0. The highest BCUT2D eigenvalue weighted by Gasteiger charge is 2.27. The zero-order valence-corrected chi connectivity index (χ0v) is 14.5. The van der Waals surface area contributed by atoms with Crippen LogP contribution in [-0.4, -0.2) is 42.9 Å². The number of likely N-dealkylation sites (tertiary alicyclic amines) is 1. The standard InChI is InChI=1S/C19H26FN3O2/c20-17-5-3-15(4-6-17)12-22-19(25)16-7-9-23(10-8-16)18(24)13-21-11-14-1-2-14/h3-6,14,16,21H,1-2,7-13H2,(H,22,25). The molecule has 1 saturated heterocycles. The Labute approximate surface area is 148 Å². The van der Waals surface area contributed by atoms with Crippen LogP contribution in [0.15, 0.2) is 24.3 Å². The fourth-order valence-corrected chi connectivity index (χ4v) is 3.14. The number of benzene rings is 1. The summed E-state index contributed by atoms with van der Waals surface area (Å²) in [4.78, 5) is 26.3. The van der Waals surface area contributed by atoms with E-state index in [1.165, 1.54) is 25.0 Å². The van der Waals surface area contributed by atoms with Gasteiger partial charge in [0.25, 0.3) is 0 Å². The van der Waals surface area contributed by atoms with Crippen molar-refractivity contribution in [2.75, 3.05) is 26.2 Å². The van der Waals surface area contributed by atoms with Gasteiger partial charge in [-0.2, -0.15) is 0 Å². The molecule has 5 nitrogen and oxygen atoms in total. The van der Waals surface area contributed by atoms with Crippen molar-refractivity contribution in [3.05, 3.63) is 35.6 Å². The molecule has 2 fully saturated rings. The summed E-state index contributed by atoms with van der Waals surface area (Å²) in [6.07, 6.45) is 3.95. The number of halogens is 1. The highest BCUT2D eigenvalue weighted by Crippen LogP contribution is 2.27. The maximum Gasteiger partial charge on any atom is 0.236 e. The Balaban J connectivity index is 1.35. The summed E-state index contributed by atoms with van der Waals surface area (Å²) in [6, 6.07) is 6.13. The van der Waals surface area contributed by atoms with Gasteiger partial charge in [0.05, 0.1) is 6.54 Å². The summed E-state index contributed by atoms with van der Waals surface area (Å²) in [5.74, 6) is 0.583. The number of hydrogen-bond donors (Lipinski definition) is 2. The Hall–Kier alpha value is -1.95. The van der Waals surface area contributed by atoms with Crippen molar-refractivity contribution < 1.29 is 14.0 Å². The van der Waals surface area contributed by atoms with Gasteiger partial charge in [-0.15, -0.1) is 0 Å². The molecule has 2 amide bonds. The first-order valence-electron chi connectivity index (χ1n) is 9.12. The normalized spacial score (nSPS) is 18.2. The predicted octanol–water partition coefficient (Wildman–Crippen LogP) is 1.68. The van der Waals surface area contributed by atoms with Crippen molar-refractivity contribution in [3.8, 4) is 0 Å². The topological polar surface area (TPSA) is 61.4 Å². The second-order valence-corrected chi connectivity index (χ2v) is 7.07. The van der Waals surface area contributed by atoms with Crippen molar-refractivity contribution in [2.45, 2.75) is 32.2 Å². The number of piperidine rings is 1. The largest absolute Gasteiger partial charge is 0.352 e. The molecule has 25 heavy (non-hydrogen) atoms. The minimum atomic E-state index is -0.279. The van der Waals surface area contributed by atoms with E-state index in [9.17, 15) is 14.0 Å². The Kier molecular flexibility index (Phi) is 6.02. The summed E-state index contributed by atoms with van der Waals surface area (Å²) in [5.41, 5.74) is 0.879. The van der Waals surface area contributed by atoms with Crippen molar-refractivity contribution in [3.63, 3.8) is 0 Å². The first kappa shape index (κ1) is 17.9. The molecule has 1 saturated carbocycles. The molecule has 0 spiro atoms. The molecule has 1 aromatic carbocycles. The van der Waals surface area contributed by atoms with E-state index in [4.69, 9.17) is 0 Å². The van der Waals surface area contributed by atoms with Crippen LogP contribution in [0.1, 0.15) is 31.2 Å². The molecule has 1 aromatic rings. The van der Waals surface area contributed by atoms with Crippen LogP contribution in [0, 0.1) is 17.7 Å². The van der Waals surface area contributed by atoms with Crippen molar-refractivity contribution >= 4 is 11.8 Å². The zero-order valence-electron chi connectivity index (χ0n) is 14.5. The van der Waals surface area contributed by atoms with Gasteiger partial charge in [-0.1, -0.05) is 12.1 Å². The lowest BCUT2D eigenvalue weighted by atomic mass is 9.95. The number of amides is 2. The maximum atomic E-state index is 12.9. The molecule has 0 unspecified atom stereocenters. The molecule has 1 heterocycles. The van der Waals surface area contributed by atoms with E-state index in [1.54, 1.807) is 12.1 Å². The van der Waals surface area contributed by atoms with Crippen LogP contribution in [0.2, 0.25) is 0 Å². The molecule has 6 heteroatoms. The van der Waals surface area contributed by atoms with E-state index in [1.807, 2.05) is 4.90 Å². The van der Waals surface area contributed by atoms with Gasteiger partial charge in [0.15, 0.2) is 0 Å². The van der Waals surface area contributed by atoms with Gasteiger partial charge in [-0.3, -0.25) is 9.59 Å². The molecule has 2 N–H and O–H groups in total. The van der Waals surface area contributed by atoms with Crippen molar-refractivity contribution in [1.82, 2.24) is 15.5 Å². The number of nitrogens with one attached hydrogen (secondary N) is 2. The number of hydrogen-bond acceptors (Lipinski definition) is 3. The fraction of sp³-hybridized carbons (Fsp3) is 0.579. The predicted molar refractivity (Wildman–Crippen MR) is 93.1 cm³/mol. The first-order chi connectivity index (χ1) is 12.1. The van der Waals surface area contributed by atoms with Crippen LogP contribution in [0.5, 0.6) is 0 Å². The minimum Gasteiger partial charge on any atom is -0.352 e. The van der Waals surface area contributed by atoms with Gasteiger partial charge in [0.2, 0.25) is 11.8 Å². The van der Waals surface area contributed by atoms with Crippen molar-refractivity contribution in [2.24, 2.45) is 11.8 Å². The Morgan fingerprint density at radius 2 is 1.76 bits per heavy atom. The molecular formula is C19H26FN3O2. The van der Waals surface area contributed by atoms with E-state index >= 15 is 0 Å². The molecule has 3 rings (SSSR count). The second-order valence-electron chi connectivity index (χ2n) is 7.07. The quantitative estimate of drug-likeness (QED) is 0.789. The average Bonchev–Trinajstić information content (AvgIpc) is 3.45. The van der Waals surface area contributed by atoms with Crippen molar-refractivity contribution in [1.29, 1.82) is 0 Å². The van der Waals surface area contributed by atoms with Crippen LogP contribution in [0.25, 0.3) is 0 Å². The van der Waals surface area contributed by atoms with Crippen LogP contribution in [0.4, 0.5) is 4.39 Å². The summed E-state index contributed by atoms with van der Waals surface area (Å²) in [7, 11) is 0. The van der Waals surface area contributed by atoms with E-state index in [2.05, 4.69) is 10.6 Å². The van der Waals surface area contributed by atoms with Gasteiger partial charge in [-0.25, -0.2) is 4.39 Å². The Morgan fingerprint density at radius 3 is 2.40 bits per heavy atom. The third-order valence-electron chi connectivity index (χ3n) is 5.00. The minimum absolute atomic E-state index is 0.0169. The van der Waals surface area contributed by atoms with Crippen LogP contribution < -0.4 is 10.6 Å². The summed E-state index contributed by atoms with van der Waals surface area (Å²) in [6.45, 7) is 3.02.